The highest BCUT2D eigenvalue weighted by Crippen LogP contribution is 2.24. The quantitative estimate of drug-likeness (QED) is 0.566. The molecule has 1 saturated carbocycles. The summed E-state index contributed by atoms with van der Waals surface area (Å²) >= 11 is 1.44. The predicted molar refractivity (Wildman–Crippen MR) is 111 cm³/mol. The maximum absolute atomic E-state index is 12.4. The smallest absolute Gasteiger partial charge is 0.230 e. The average Bonchev–Trinajstić information content (AvgIpc) is 3.06. The Morgan fingerprint density at radius 3 is 2.56 bits per heavy atom. The van der Waals surface area contributed by atoms with Gasteiger partial charge in [-0.25, -0.2) is 0 Å². The lowest BCUT2D eigenvalue weighted by atomic mass is 9.97. The lowest BCUT2D eigenvalue weighted by Crippen LogP contribution is -2.36. The van der Waals surface area contributed by atoms with Crippen molar-refractivity contribution < 1.29 is 4.79 Å². The van der Waals surface area contributed by atoms with E-state index < -0.39 is 0 Å². The van der Waals surface area contributed by atoms with Crippen LogP contribution in [-0.4, -0.2) is 32.5 Å². The molecule has 0 radical (unpaired) electrons. The van der Waals surface area contributed by atoms with E-state index in [9.17, 15) is 4.79 Å². The highest BCUT2D eigenvalue weighted by Gasteiger charge is 2.17. The van der Waals surface area contributed by atoms with E-state index in [1.165, 1.54) is 43.9 Å². The van der Waals surface area contributed by atoms with Crippen molar-refractivity contribution in [2.75, 3.05) is 5.75 Å². The van der Waals surface area contributed by atoms with Gasteiger partial charge in [-0.05, 0) is 12.8 Å². The van der Waals surface area contributed by atoms with Crippen LogP contribution in [0.1, 0.15) is 44.9 Å². The monoisotopic (exact) mass is 384 g/mol. The van der Waals surface area contributed by atoms with Crippen molar-refractivity contribution in [3.8, 4) is 11.4 Å². The van der Waals surface area contributed by atoms with Crippen molar-refractivity contribution in [1.29, 1.82) is 0 Å². The van der Waals surface area contributed by atoms with Crippen molar-refractivity contribution in [3.63, 3.8) is 0 Å². The van der Waals surface area contributed by atoms with Gasteiger partial charge in [0.2, 0.25) is 5.91 Å². The minimum absolute atomic E-state index is 0.0833. The molecular weight excluding hydrogens is 356 g/mol. The van der Waals surface area contributed by atoms with Crippen LogP contribution < -0.4 is 5.32 Å². The van der Waals surface area contributed by atoms with Gasteiger partial charge in [-0.3, -0.25) is 9.36 Å². The minimum Gasteiger partial charge on any atom is -0.353 e. The Bertz CT molecular complexity index is 736. The zero-order chi connectivity index (χ0) is 18.9. The van der Waals surface area contributed by atoms with Crippen molar-refractivity contribution in [2.45, 2.75) is 62.7 Å². The van der Waals surface area contributed by atoms with Crippen LogP contribution in [0.2, 0.25) is 0 Å². The zero-order valence-corrected chi connectivity index (χ0v) is 16.6. The van der Waals surface area contributed by atoms with Crippen LogP contribution >= 0.6 is 11.8 Å². The number of thioether (sulfide) groups is 1. The van der Waals surface area contributed by atoms with Gasteiger partial charge in [0.15, 0.2) is 11.0 Å². The molecule has 5 nitrogen and oxygen atoms in total. The largest absolute Gasteiger partial charge is 0.353 e. The molecule has 144 valence electrons. The fourth-order valence-electron chi connectivity index (χ4n) is 3.49. The van der Waals surface area contributed by atoms with Crippen LogP contribution in [0.15, 0.2) is 48.1 Å². The number of allylic oxidation sites excluding steroid dienone is 1. The molecule has 0 spiro atoms. The number of benzene rings is 1. The Kier molecular flexibility index (Phi) is 7.51. The molecule has 0 aliphatic heterocycles. The number of aromatic nitrogens is 3. The fraction of sp³-hybridized carbons (Fsp3) is 0.476. The number of hydrogen-bond acceptors (Lipinski definition) is 4. The Morgan fingerprint density at radius 1 is 1.15 bits per heavy atom. The maximum atomic E-state index is 12.4. The Morgan fingerprint density at radius 2 is 1.85 bits per heavy atom. The van der Waals surface area contributed by atoms with Crippen LogP contribution in [0.4, 0.5) is 0 Å². The lowest BCUT2D eigenvalue weighted by molar-refractivity contribution is -0.119. The number of nitrogens with zero attached hydrogens (tertiary/aromatic N) is 3. The zero-order valence-electron chi connectivity index (χ0n) is 15.8. The van der Waals surface area contributed by atoms with Crippen molar-refractivity contribution in [3.05, 3.63) is 43.0 Å². The topological polar surface area (TPSA) is 59.8 Å². The summed E-state index contributed by atoms with van der Waals surface area (Å²) in [6, 6.07) is 10.3. The van der Waals surface area contributed by atoms with Crippen molar-refractivity contribution in [2.24, 2.45) is 0 Å². The van der Waals surface area contributed by atoms with Gasteiger partial charge in [-0.15, -0.1) is 16.8 Å². The fourth-order valence-corrected chi connectivity index (χ4v) is 4.25. The molecule has 1 fully saturated rings. The number of carbonyl (C=O) groups excluding carboxylic acids is 1. The molecule has 0 saturated heterocycles. The summed E-state index contributed by atoms with van der Waals surface area (Å²) in [5.41, 5.74) is 1.01. The van der Waals surface area contributed by atoms with Crippen LogP contribution in [-0.2, 0) is 11.3 Å². The average molecular weight is 385 g/mol. The first-order chi connectivity index (χ1) is 13.3. The summed E-state index contributed by atoms with van der Waals surface area (Å²) in [5, 5.41) is 12.6. The molecule has 1 amide bonds. The maximum Gasteiger partial charge on any atom is 0.230 e. The summed E-state index contributed by atoms with van der Waals surface area (Å²) in [4.78, 5) is 12.4. The van der Waals surface area contributed by atoms with Crippen molar-refractivity contribution >= 4 is 17.7 Å². The summed E-state index contributed by atoms with van der Waals surface area (Å²) in [6.07, 6.45) is 10.4. The summed E-state index contributed by atoms with van der Waals surface area (Å²) in [7, 11) is 0. The number of carbonyl (C=O) groups is 1. The van der Waals surface area contributed by atoms with E-state index in [-0.39, 0.29) is 5.91 Å². The van der Waals surface area contributed by atoms with Gasteiger partial charge >= 0.3 is 0 Å². The molecule has 0 bridgehead atoms. The second kappa shape index (κ2) is 10.3. The van der Waals surface area contributed by atoms with Crippen molar-refractivity contribution in [1.82, 2.24) is 20.1 Å². The SMILES string of the molecule is C=CCn1c(SCC(=O)NC2CCCCCCC2)nnc1-c1ccccc1. The molecule has 0 unspecified atom stereocenters. The van der Waals surface area contributed by atoms with Crippen LogP contribution in [0.5, 0.6) is 0 Å². The first kappa shape index (κ1) is 19.7. The van der Waals surface area contributed by atoms with Gasteiger partial charge in [0.25, 0.3) is 0 Å². The number of nitrogens with one attached hydrogen (secondary N) is 1. The van der Waals surface area contributed by atoms with E-state index in [2.05, 4.69) is 22.1 Å². The molecule has 6 heteroatoms. The standard InChI is InChI=1S/C21H28N4OS/c1-2-15-25-20(17-11-7-6-8-12-17)23-24-21(25)27-16-19(26)22-18-13-9-4-3-5-10-14-18/h2,6-8,11-12,18H,1,3-5,9-10,13-16H2,(H,22,26). The number of amides is 1. The highest BCUT2D eigenvalue weighted by atomic mass is 32.2. The third-order valence-corrected chi connectivity index (χ3v) is 5.83. The van der Waals surface area contributed by atoms with E-state index in [4.69, 9.17) is 0 Å². The van der Waals surface area contributed by atoms with Gasteiger partial charge < -0.3 is 5.32 Å². The highest BCUT2D eigenvalue weighted by molar-refractivity contribution is 7.99. The second-order valence-corrected chi connectivity index (χ2v) is 7.91. The minimum atomic E-state index is 0.0833. The number of hydrogen-bond donors (Lipinski definition) is 1. The molecule has 2 aromatic rings. The molecule has 1 aromatic heterocycles. The molecule has 27 heavy (non-hydrogen) atoms. The summed E-state index contributed by atoms with van der Waals surface area (Å²) in [6.45, 7) is 4.45. The third kappa shape index (κ3) is 5.70. The Balaban J connectivity index is 1.60. The molecule has 3 rings (SSSR count). The molecule has 1 aliphatic rings. The van der Waals surface area contributed by atoms with Crippen LogP contribution in [0, 0.1) is 0 Å². The van der Waals surface area contributed by atoms with E-state index in [1.54, 1.807) is 0 Å². The van der Waals surface area contributed by atoms with Crippen LogP contribution in [0.3, 0.4) is 0 Å². The third-order valence-electron chi connectivity index (χ3n) is 4.86. The van der Waals surface area contributed by atoms with E-state index in [0.29, 0.717) is 18.3 Å². The first-order valence-corrected chi connectivity index (χ1v) is 10.8. The number of rotatable bonds is 7. The molecular formula is C21H28N4OS. The second-order valence-electron chi connectivity index (χ2n) is 6.97. The van der Waals surface area contributed by atoms with Gasteiger partial charge in [-0.1, -0.05) is 80.3 Å². The molecule has 0 atom stereocenters. The Labute approximate surface area is 165 Å². The van der Waals surface area contributed by atoms with Gasteiger partial charge in [-0.2, -0.15) is 0 Å². The van der Waals surface area contributed by atoms with E-state index >= 15 is 0 Å². The molecule has 1 aliphatic carbocycles. The van der Waals surface area contributed by atoms with Crippen LogP contribution in [0.25, 0.3) is 11.4 Å². The normalized spacial score (nSPS) is 15.7. The molecule has 1 heterocycles. The molecule has 1 aromatic carbocycles. The van der Waals surface area contributed by atoms with Gasteiger partial charge in [0.1, 0.15) is 0 Å². The Hall–Kier alpha value is -2.08. The van der Waals surface area contributed by atoms with E-state index in [0.717, 1.165) is 29.4 Å². The first-order valence-electron chi connectivity index (χ1n) is 9.79. The predicted octanol–water partition coefficient (Wildman–Crippen LogP) is 4.45. The molecule has 1 N–H and O–H groups in total. The van der Waals surface area contributed by atoms with E-state index in [1.807, 2.05) is 41.0 Å². The lowest BCUT2D eigenvalue weighted by Gasteiger charge is -2.20. The summed E-state index contributed by atoms with van der Waals surface area (Å²) < 4.78 is 2.01. The van der Waals surface area contributed by atoms with Gasteiger partial charge in [0.05, 0.1) is 5.75 Å². The van der Waals surface area contributed by atoms with Gasteiger partial charge in [0, 0.05) is 18.2 Å². The summed E-state index contributed by atoms with van der Waals surface area (Å²) in [5.74, 6) is 1.25.